The molecule has 0 amide bonds. The van der Waals surface area contributed by atoms with E-state index in [2.05, 4.69) is 10.3 Å². The van der Waals surface area contributed by atoms with Crippen LogP contribution in [0.25, 0.3) is 0 Å². The standard InChI is InChI=1S/C10H11N3O7/c1-20-7-3-2-6(13(18)19)9(12-7)11-5(10(16)17)4-8(14)15/h2-3,5H,4H2,1H3,(H,11,12)(H,14,15)(H,16,17). The highest BCUT2D eigenvalue weighted by Crippen LogP contribution is 2.25. The quantitative estimate of drug-likeness (QED) is 0.475. The molecular formula is C10H11N3O7. The Hall–Kier alpha value is -2.91. The van der Waals surface area contributed by atoms with Crippen molar-refractivity contribution in [1.82, 2.24) is 4.98 Å². The van der Waals surface area contributed by atoms with Gasteiger partial charge in [-0.1, -0.05) is 0 Å². The van der Waals surface area contributed by atoms with Crippen LogP contribution < -0.4 is 10.1 Å². The Labute approximate surface area is 112 Å². The van der Waals surface area contributed by atoms with Crippen molar-refractivity contribution in [2.75, 3.05) is 12.4 Å². The third-order valence-electron chi connectivity index (χ3n) is 2.24. The molecule has 0 aliphatic carbocycles. The fraction of sp³-hybridized carbons (Fsp3) is 0.300. The van der Waals surface area contributed by atoms with Crippen molar-refractivity contribution in [3.05, 3.63) is 22.2 Å². The van der Waals surface area contributed by atoms with E-state index >= 15 is 0 Å². The summed E-state index contributed by atoms with van der Waals surface area (Å²) in [5.74, 6) is -3.18. The molecule has 10 heteroatoms. The van der Waals surface area contributed by atoms with Gasteiger partial charge in [-0.05, 0) is 0 Å². The van der Waals surface area contributed by atoms with Crippen molar-refractivity contribution in [2.45, 2.75) is 12.5 Å². The highest BCUT2D eigenvalue weighted by atomic mass is 16.6. The minimum atomic E-state index is -1.55. The Balaban J connectivity index is 3.12. The van der Waals surface area contributed by atoms with Gasteiger partial charge in [0.05, 0.1) is 18.5 Å². The molecule has 20 heavy (non-hydrogen) atoms. The van der Waals surface area contributed by atoms with Crippen LogP contribution in [0.4, 0.5) is 11.5 Å². The van der Waals surface area contributed by atoms with Gasteiger partial charge in [-0.15, -0.1) is 0 Å². The van der Waals surface area contributed by atoms with Crippen LogP contribution in [0.5, 0.6) is 5.88 Å². The van der Waals surface area contributed by atoms with E-state index < -0.39 is 35.0 Å². The smallest absolute Gasteiger partial charge is 0.326 e. The maximum absolute atomic E-state index is 10.9. The number of pyridine rings is 1. The summed E-state index contributed by atoms with van der Waals surface area (Å²) in [5, 5.41) is 30.5. The van der Waals surface area contributed by atoms with Crippen LogP contribution >= 0.6 is 0 Å². The summed E-state index contributed by atoms with van der Waals surface area (Å²) in [5.41, 5.74) is -0.484. The highest BCUT2D eigenvalue weighted by molar-refractivity contribution is 5.83. The zero-order chi connectivity index (χ0) is 15.3. The van der Waals surface area contributed by atoms with Crippen molar-refractivity contribution < 1.29 is 29.5 Å². The monoisotopic (exact) mass is 285 g/mol. The molecule has 0 bridgehead atoms. The number of nitrogens with zero attached hydrogens (tertiary/aromatic N) is 2. The largest absolute Gasteiger partial charge is 0.481 e. The number of ether oxygens (including phenoxy) is 1. The molecule has 1 aromatic rings. The van der Waals surface area contributed by atoms with Crippen molar-refractivity contribution in [3.8, 4) is 5.88 Å². The summed E-state index contributed by atoms with van der Waals surface area (Å²) in [6, 6.07) is 0.759. The van der Waals surface area contributed by atoms with E-state index in [0.717, 1.165) is 6.07 Å². The van der Waals surface area contributed by atoms with Crippen LogP contribution in [-0.4, -0.2) is 45.2 Å². The van der Waals surface area contributed by atoms with Crippen LogP contribution in [0.3, 0.4) is 0 Å². The number of hydrogen-bond acceptors (Lipinski definition) is 7. The lowest BCUT2D eigenvalue weighted by Gasteiger charge is -2.13. The first-order valence-corrected chi connectivity index (χ1v) is 5.25. The lowest BCUT2D eigenvalue weighted by atomic mass is 10.2. The maximum atomic E-state index is 10.9. The number of methoxy groups -OCH3 is 1. The number of aromatic nitrogens is 1. The molecule has 1 heterocycles. The second kappa shape index (κ2) is 6.31. The number of anilines is 1. The topological polar surface area (TPSA) is 152 Å². The normalized spacial score (nSPS) is 11.4. The summed E-state index contributed by atoms with van der Waals surface area (Å²) < 4.78 is 4.78. The van der Waals surface area contributed by atoms with Crippen molar-refractivity contribution >= 4 is 23.4 Å². The molecule has 0 radical (unpaired) electrons. The van der Waals surface area contributed by atoms with Gasteiger partial charge in [0.25, 0.3) is 0 Å². The number of nitrogens with one attached hydrogen (secondary N) is 1. The Morgan fingerprint density at radius 1 is 1.50 bits per heavy atom. The number of carboxylic acids is 2. The number of carbonyl (C=O) groups is 2. The fourth-order valence-electron chi connectivity index (χ4n) is 1.34. The van der Waals surface area contributed by atoms with E-state index in [-0.39, 0.29) is 11.7 Å². The van der Waals surface area contributed by atoms with E-state index in [1.54, 1.807) is 0 Å². The first-order chi connectivity index (χ1) is 9.35. The fourth-order valence-corrected chi connectivity index (χ4v) is 1.34. The minimum absolute atomic E-state index is 0.0255. The van der Waals surface area contributed by atoms with Crippen LogP contribution in [0, 0.1) is 10.1 Å². The van der Waals surface area contributed by atoms with Gasteiger partial charge in [-0.3, -0.25) is 14.9 Å². The molecule has 1 aromatic heterocycles. The zero-order valence-electron chi connectivity index (χ0n) is 10.3. The summed E-state index contributed by atoms with van der Waals surface area (Å²) in [6.07, 6.45) is -0.759. The summed E-state index contributed by atoms with van der Waals surface area (Å²) in [6.45, 7) is 0. The predicted octanol–water partition coefficient (Wildman–Crippen LogP) is 0.338. The molecule has 1 atom stereocenters. The molecule has 0 aromatic carbocycles. The summed E-state index contributed by atoms with van der Waals surface area (Å²) in [4.78, 5) is 35.2. The predicted molar refractivity (Wildman–Crippen MR) is 64.7 cm³/mol. The Kier molecular flexibility index (Phi) is 4.78. The average molecular weight is 285 g/mol. The molecule has 0 spiro atoms. The van der Waals surface area contributed by atoms with Crippen molar-refractivity contribution in [2.24, 2.45) is 0 Å². The van der Waals surface area contributed by atoms with Gasteiger partial charge in [0.15, 0.2) is 0 Å². The third kappa shape index (κ3) is 3.80. The molecule has 0 fully saturated rings. The van der Waals surface area contributed by atoms with Gasteiger partial charge in [-0.25, -0.2) is 4.79 Å². The zero-order valence-corrected chi connectivity index (χ0v) is 10.3. The van der Waals surface area contributed by atoms with Gasteiger partial charge in [0, 0.05) is 12.1 Å². The third-order valence-corrected chi connectivity index (χ3v) is 2.24. The first-order valence-electron chi connectivity index (χ1n) is 5.25. The van der Waals surface area contributed by atoms with E-state index in [4.69, 9.17) is 14.9 Å². The number of aliphatic carboxylic acids is 2. The van der Waals surface area contributed by atoms with Crippen LogP contribution in [0.2, 0.25) is 0 Å². The Morgan fingerprint density at radius 3 is 2.60 bits per heavy atom. The molecule has 1 unspecified atom stereocenters. The molecule has 1 rings (SSSR count). The number of rotatable bonds is 7. The first kappa shape index (κ1) is 15.1. The lowest BCUT2D eigenvalue weighted by Crippen LogP contribution is -2.32. The number of nitro groups is 1. The van der Waals surface area contributed by atoms with Gasteiger partial charge in [0.2, 0.25) is 11.7 Å². The van der Waals surface area contributed by atoms with Gasteiger partial charge >= 0.3 is 17.6 Å². The van der Waals surface area contributed by atoms with Crippen molar-refractivity contribution in [1.29, 1.82) is 0 Å². The second-order valence-electron chi connectivity index (χ2n) is 3.61. The minimum Gasteiger partial charge on any atom is -0.481 e. The molecule has 0 saturated carbocycles. The number of carboxylic acid groups (broad SMARTS) is 2. The molecule has 10 nitrogen and oxygen atoms in total. The second-order valence-corrected chi connectivity index (χ2v) is 3.61. The van der Waals surface area contributed by atoms with E-state index in [1.807, 2.05) is 0 Å². The van der Waals surface area contributed by atoms with E-state index in [0.29, 0.717) is 0 Å². The molecule has 108 valence electrons. The van der Waals surface area contributed by atoms with Gasteiger partial charge in [-0.2, -0.15) is 4.98 Å². The Morgan fingerprint density at radius 2 is 2.15 bits per heavy atom. The molecular weight excluding hydrogens is 274 g/mol. The lowest BCUT2D eigenvalue weighted by molar-refractivity contribution is -0.384. The van der Waals surface area contributed by atoms with Crippen LogP contribution in [0.1, 0.15) is 6.42 Å². The Bertz CT molecular complexity index is 546. The molecule has 0 aliphatic heterocycles. The average Bonchev–Trinajstić information content (AvgIpc) is 2.36. The summed E-state index contributed by atoms with van der Waals surface area (Å²) >= 11 is 0. The molecule has 0 aliphatic rings. The maximum Gasteiger partial charge on any atom is 0.326 e. The summed E-state index contributed by atoms with van der Waals surface area (Å²) in [7, 11) is 1.28. The van der Waals surface area contributed by atoms with E-state index in [1.165, 1.54) is 13.2 Å². The van der Waals surface area contributed by atoms with Crippen molar-refractivity contribution in [3.63, 3.8) is 0 Å². The van der Waals surface area contributed by atoms with Gasteiger partial charge < -0.3 is 20.3 Å². The molecule has 3 N–H and O–H groups in total. The number of hydrogen-bond donors (Lipinski definition) is 3. The van der Waals surface area contributed by atoms with Crippen LogP contribution in [-0.2, 0) is 9.59 Å². The molecule has 0 saturated heterocycles. The highest BCUT2D eigenvalue weighted by Gasteiger charge is 2.25. The SMILES string of the molecule is COc1ccc([N+](=O)[O-])c(NC(CC(=O)O)C(=O)O)n1. The van der Waals surface area contributed by atoms with E-state index in [9.17, 15) is 19.7 Å². The van der Waals surface area contributed by atoms with Gasteiger partial charge in [0.1, 0.15) is 6.04 Å². The van der Waals surface area contributed by atoms with Crippen LogP contribution in [0.15, 0.2) is 12.1 Å².